The lowest BCUT2D eigenvalue weighted by molar-refractivity contribution is -0.129. The first-order valence-electron chi connectivity index (χ1n) is 9.69. The smallest absolute Gasteiger partial charge is 0.235 e. The Morgan fingerprint density at radius 1 is 1.24 bits per heavy atom. The van der Waals surface area contributed by atoms with E-state index in [9.17, 15) is 9.18 Å². The Hall–Kier alpha value is -2.67. The van der Waals surface area contributed by atoms with Crippen LogP contribution in [0, 0.1) is 5.82 Å². The van der Waals surface area contributed by atoms with E-state index in [2.05, 4.69) is 5.10 Å². The lowest BCUT2D eigenvalue weighted by Gasteiger charge is -2.20. The number of rotatable bonds is 7. The van der Waals surface area contributed by atoms with E-state index >= 15 is 0 Å². The SMILES string of the molecule is C[C@@H](Sc1nc(C2CC2)n(-c2ccccc2)n1)C(=O)N(C)Cc1cccc(F)c1. The van der Waals surface area contributed by atoms with Crippen molar-refractivity contribution < 1.29 is 9.18 Å². The lowest BCUT2D eigenvalue weighted by atomic mass is 10.2. The average Bonchev–Trinajstić information content (AvgIpc) is 3.48. The van der Waals surface area contributed by atoms with Crippen LogP contribution in [0.25, 0.3) is 5.69 Å². The molecule has 1 saturated carbocycles. The van der Waals surface area contributed by atoms with Gasteiger partial charge in [0.25, 0.3) is 0 Å². The topological polar surface area (TPSA) is 51.0 Å². The number of halogens is 1. The van der Waals surface area contributed by atoms with Gasteiger partial charge in [-0.2, -0.15) is 0 Å². The highest BCUT2D eigenvalue weighted by Crippen LogP contribution is 2.40. The summed E-state index contributed by atoms with van der Waals surface area (Å²) >= 11 is 1.36. The van der Waals surface area contributed by atoms with Gasteiger partial charge in [-0.1, -0.05) is 42.1 Å². The van der Waals surface area contributed by atoms with Crippen LogP contribution in [0.4, 0.5) is 4.39 Å². The Balaban J connectivity index is 1.46. The van der Waals surface area contributed by atoms with Gasteiger partial charge in [-0.25, -0.2) is 14.1 Å². The molecule has 7 heteroatoms. The summed E-state index contributed by atoms with van der Waals surface area (Å²) in [7, 11) is 1.73. The molecule has 2 aromatic carbocycles. The van der Waals surface area contributed by atoms with E-state index in [1.807, 2.05) is 48.0 Å². The third kappa shape index (κ3) is 4.67. The van der Waals surface area contributed by atoms with Gasteiger partial charge in [0.05, 0.1) is 10.9 Å². The Kier molecular flexibility index (Phi) is 5.67. The molecule has 0 radical (unpaired) electrons. The monoisotopic (exact) mass is 410 g/mol. The number of hydrogen-bond donors (Lipinski definition) is 0. The molecule has 0 aliphatic heterocycles. The van der Waals surface area contributed by atoms with Crippen LogP contribution in [0.15, 0.2) is 59.8 Å². The molecule has 29 heavy (non-hydrogen) atoms. The minimum Gasteiger partial charge on any atom is -0.340 e. The van der Waals surface area contributed by atoms with Crippen molar-refractivity contribution in [3.8, 4) is 5.69 Å². The molecule has 0 unspecified atom stereocenters. The van der Waals surface area contributed by atoms with Crippen molar-refractivity contribution in [2.24, 2.45) is 0 Å². The van der Waals surface area contributed by atoms with Crippen LogP contribution < -0.4 is 0 Å². The van der Waals surface area contributed by atoms with Crippen molar-refractivity contribution >= 4 is 17.7 Å². The largest absolute Gasteiger partial charge is 0.340 e. The number of benzene rings is 2. The summed E-state index contributed by atoms with van der Waals surface area (Å²) in [5.41, 5.74) is 1.75. The van der Waals surface area contributed by atoms with Gasteiger partial charge in [0.1, 0.15) is 11.6 Å². The summed E-state index contributed by atoms with van der Waals surface area (Å²) in [4.78, 5) is 19.1. The van der Waals surface area contributed by atoms with Gasteiger partial charge >= 0.3 is 0 Å². The van der Waals surface area contributed by atoms with Crippen molar-refractivity contribution in [2.75, 3.05) is 7.05 Å². The van der Waals surface area contributed by atoms with E-state index in [0.29, 0.717) is 17.6 Å². The van der Waals surface area contributed by atoms with Crippen LogP contribution in [0.2, 0.25) is 0 Å². The molecular weight excluding hydrogens is 387 g/mol. The zero-order valence-corrected chi connectivity index (χ0v) is 17.3. The maximum atomic E-state index is 13.4. The molecule has 3 aromatic rings. The first-order chi connectivity index (χ1) is 14.0. The fourth-order valence-electron chi connectivity index (χ4n) is 3.23. The highest BCUT2D eigenvalue weighted by molar-refractivity contribution is 8.00. The van der Waals surface area contributed by atoms with E-state index in [4.69, 9.17) is 4.98 Å². The summed E-state index contributed by atoms with van der Waals surface area (Å²) in [6.07, 6.45) is 2.25. The number of para-hydroxylation sites is 1. The third-order valence-corrected chi connectivity index (χ3v) is 5.81. The van der Waals surface area contributed by atoms with Gasteiger partial charge in [0.15, 0.2) is 0 Å². The molecule has 0 saturated heterocycles. The minimum absolute atomic E-state index is 0.0386. The van der Waals surface area contributed by atoms with Crippen LogP contribution in [0.1, 0.15) is 37.1 Å². The number of carbonyl (C=O) groups is 1. The van der Waals surface area contributed by atoms with Gasteiger partial charge in [0, 0.05) is 19.5 Å². The van der Waals surface area contributed by atoms with Gasteiger partial charge in [-0.05, 0) is 49.6 Å². The van der Waals surface area contributed by atoms with Crippen molar-refractivity contribution in [1.82, 2.24) is 19.7 Å². The second kappa shape index (κ2) is 8.37. The second-order valence-corrected chi connectivity index (χ2v) is 8.67. The van der Waals surface area contributed by atoms with Crippen LogP contribution in [0.5, 0.6) is 0 Å². The second-order valence-electron chi connectivity index (χ2n) is 7.36. The highest BCUT2D eigenvalue weighted by Gasteiger charge is 2.31. The summed E-state index contributed by atoms with van der Waals surface area (Å²) < 4.78 is 15.3. The number of amides is 1. The van der Waals surface area contributed by atoms with E-state index in [-0.39, 0.29) is 17.0 Å². The first-order valence-corrected chi connectivity index (χ1v) is 10.6. The summed E-state index contributed by atoms with van der Waals surface area (Å²) in [6, 6.07) is 16.3. The number of aromatic nitrogens is 3. The molecule has 1 heterocycles. The Morgan fingerprint density at radius 3 is 2.69 bits per heavy atom. The highest BCUT2D eigenvalue weighted by atomic mass is 32.2. The van der Waals surface area contributed by atoms with Gasteiger partial charge in [0.2, 0.25) is 11.1 Å². The zero-order valence-electron chi connectivity index (χ0n) is 16.5. The summed E-state index contributed by atoms with van der Waals surface area (Å²) in [5.74, 6) is 1.07. The maximum Gasteiger partial charge on any atom is 0.235 e. The predicted molar refractivity (Wildman–Crippen MR) is 112 cm³/mol. The summed E-state index contributed by atoms with van der Waals surface area (Å²) in [6.45, 7) is 2.22. The fourth-order valence-corrected chi connectivity index (χ4v) is 4.10. The normalized spacial score (nSPS) is 14.6. The van der Waals surface area contributed by atoms with E-state index in [1.54, 1.807) is 18.0 Å². The van der Waals surface area contributed by atoms with Gasteiger partial charge in [-0.3, -0.25) is 4.79 Å². The minimum atomic E-state index is -0.341. The van der Waals surface area contributed by atoms with Crippen LogP contribution in [-0.2, 0) is 11.3 Å². The molecule has 1 fully saturated rings. The lowest BCUT2D eigenvalue weighted by Crippen LogP contribution is -2.32. The van der Waals surface area contributed by atoms with E-state index < -0.39 is 0 Å². The fraction of sp³-hybridized carbons (Fsp3) is 0.318. The molecule has 0 spiro atoms. The molecule has 0 N–H and O–H groups in total. The van der Waals surface area contributed by atoms with Crippen molar-refractivity contribution in [2.45, 2.75) is 42.6 Å². The number of hydrogen-bond acceptors (Lipinski definition) is 4. The molecule has 1 atom stereocenters. The van der Waals surface area contributed by atoms with Crippen LogP contribution >= 0.6 is 11.8 Å². The van der Waals surface area contributed by atoms with Crippen LogP contribution in [0.3, 0.4) is 0 Å². The van der Waals surface area contributed by atoms with Crippen molar-refractivity contribution in [3.05, 3.63) is 71.8 Å². The maximum absolute atomic E-state index is 13.4. The quantitative estimate of drug-likeness (QED) is 0.541. The first kappa shape index (κ1) is 19.6. The predicted octanol–water partition coefficient (Wildman–Crippen LogP) is 4.42. The van der Waals surface area contributed by atoms with Crippen LogP contribution in [-0.4, -0.2) is 37.9 Å². The van der Waals surface area contributed by atoms with E-state index in [0.717, 1.165) is 29.9 Å². The Labute approximate surface area is 173 Å². The molecule has 4 rings (SSSR count). The zero-order chi connectivity index (χ0) is 20.4. The molecular formula is C22H23FN4OS. The number of carbonyl (C=O) groups excluding carboxylic acids is 1. The van der Waals surface area contributed by atoms with E-state index in [1.165, 1.54) is 23.9 Å². The number of nitrogens with zero attached hydrogens (tertiary/aromatic N) is 4. The Bertz CT molecular complexity index is 1000. The standard InChI is InChI=1S/C22H23FN4OS/c1-15(21(28)26(2)14-16-7-6-8-18(23)13-16)29-22-24-20(17-11-12-17)27(25-22)19-9-4-3-5-10-19/h3-10,13,15,17H,11-12,14H2,1-2H3/t15-/m1/s1. The molecule has 150 valence electrons. The molecule has 0 bridgehead atoms. The molecule has 5 nitrogen and oxygen atoms in total. The summed E-state index contributed by atoms with van der Waals surface area (Å²) in [5, 5.41) is 4.93. The average molecular weight is 411 g/mol. The van der Waals surface area contributed by atoms with Crippen molar-refractivity contribution in [1.29, 1.82) is 0 Å². The molecule has 1 aliphatic rings. The van der Waals surface area contributed by atoms with Crippen molar-refractivity contribution in [3.63, 3.8) is 0 Å². The van der Waals surface area contributed by atoms with Gasteiger partial charge in [-0.15, -0.1) is 5.10 Å². The molecule has 1 aliphatic carbocycles. The Morgan fingerprint density at radius 2 is 2.00 bits per heavy atom. The number of thioether (sulfide) groups is 1. The molecule has 1 amide bonds. The molecule has 1 aromatic heterocycles. The third-order valence-electron chi connectivity index (χ3n) is 4.87. The van der Waals surface area contributed by atoms with Gasteiger partial charge < -0.3 is 4.90 Å².